The second-order valence-corrected chi connectivity index (χ2v) is 5.44. The van der Waals surface area contributed by atoms with Gasteiger partial charge in [-0.05, 0) is 30.2 Å². The topological polar surface area (TPSA) is 57.6 Å². The number of thiophene rings is 1. The van der Waals surface area contributed by atoms with Crippen LogP contribution in [-0.4, -0.2) is 35.0 Å². The zero-order valence-corrected chi connectivity index (χ0v) is 10.6. The van der Waals surface area contributed by atoms with Crippen molar-refractivity contribution in [2.24, 2.45) is 5.92 Å². The van der Waals surface area contributed by atoms with E-state index in [0.29, 0.717) is 22.4 Å². The summed E-state index contributed by atoms with van der Waals surface area (Å²) in [6.45, 7) is 0.253. The standard InChI is InChI=1S/C11H12ClNO3S/c12-8-3-4-17-10(8)11(16)13(6-9(14)15)5-7-1-2-7/h3-4,7H,1-2,5-6H2,(H,14,15). The number of carbonyl (C=O) groups excluding carboxylic acids is 1. The molecule has 1 aromatic heterocycles. The van der Waals surface area contributed by atoms with Crippen LogP contribution < -0.4 is 0 Å². The third-order valence-electron chi connectivity index (χ3n) is 2.60. The molecule has 1 amide bonds. The molecule has 1 fully saturated rings. The van der Waals surface area contributed by atoms with Gasteiger partial charge in [0.15, 0.2) is 0 Å². The SMILES string of the molecule is O=C(O)CN(CC1CC1)C(=O)c1sccc1Cl. The fourth-order valence-electron chi connectivity index (χ4n) is 1.58. The normalized spacial score (nSPS) is 14.6. The van der Waals surface area contributed by atoms with E-state index in [2.05, 4.69) is 0 Å². The lowest BCUT2D eigenvalue weighted by atomic mass is 10.3. The van der Waals surface area contributed by atoms with Crippen LogP contribution in [0.25, 0.3) is 0 Å². The minimum absolute atomic E-state index is 0.260. The summed E-state index contributed by atoms with van der Waals surface area (Å²) < 4.78 is 0. The van der Waals surface area contributed by atoms with Gasteiger partial charge in [-0.1, -0.05) is 11.6 Å². The first kappa shape index (κ1) is 12.4. The molecular weight excluding hydrogens is 262 g/mol. The first-order valence-electron chi connectivity index (χ1n) is 5.32. The molecule has 2 rings (SSSR count). The number of halogens is 1. The average molecular weight is 274 g/mol. The van der Waals surface area contributed by atoms with Crippen molar-refractivity contribution in [1.82, 2.24) is 4.90 Å². The van der Waals surface area contributed by atoms with Gasteiger partial charge in [-0.15, -0.1) is 11.3 Å². The van der Waals surface area contributed by atoms with Crippen LogP contribution in [0, 0.1) is 5.92 Å². The van der Waals surface area contributed by atoms with Gasteiger partial charge in [0, 0.05) is 6.54 Å². The molecular formula is C11H12ClNO3S. The Morgan fingerprint density at radius 2 is 2.24 bits per heavy atom. The maximum atomic E-state index is 12.1. The number of rotatable bonds is 5. The van der Waals surface area contributed by atoms with Crippen LogP contribution in [0.5, 0.6) is 0 Å². The third-order valence-corrected chi connectivity index (χ3v) is 3.93. The van der Waals surface area contributed by atoms with Crippen LogP contribution >= 0.6 is 22.9 Å². The van der Waals surface area contributed by atoms with E-state index < -0.39 is 5.97 Å². The van der Waals surface area contributed by atoms with Gasteiger partial charge in [0.1, 0.15) is 11.4 Å². The quantitative estimate of drug-likeness (QED) is 0.896. The second kappa shape index (κ2) is 5.06. The van der Waals surface area contributed by atoms with Crippen molar-refractivity contribution in [3.63, 3.8) is 0 Å². The molecule has 1 heterocycles. The Kier molecular flexibility index (Phi) is 3.69. The van der Waals surface area contributed by atoms with Gasteiger partial charge in [0.2, 0.25) is 0 Å². The Bertz CT molecular complexity index is 442. The molecule has 1 N–H and O–H groups in total. The first-order chi connectivity index (χ1) is 8.08. The highest BCUT2D eigenvalue weighted by Gasteiger charge is 2.29. The highest BCUT2D eigenvalue weighted by molar-refractivity contribution is 7.12. The van der Waals surface area contributed by atoms with E-state index in [1.54, 1.807) is 11.4 Å². The van der Waals surface area contributed by atoms with Gasteiger partial charge in [0.25, 0.3) is 5.91 Å². The van der Waals surface area contributed by atoms with Crippen LogP contribution in [0.2, 0.25) is 5.02 Å². The molecule has 1 saturated carbocycles. The summed E-state index contributed by atoms with van der Waals surface area (Å²) in [5.41, 5.74) is 0. The lowest BCUT2D eigenvalue weighted by Crippen LogP contribution is -2.36. The van der Waals surface area contributed by atoms with Crippen LogP contribution in [0.4, 0.5) is 0 Å². The molecule has 0 atom stereocenters. The molecule has 6 heteroatoms. The number of amides is 1. The Hall–Kier alpha value is -1.07. The molecule has 0 saturated heterocycles. The van der Waals surface area contributed by atoms with Crippen molar-refractivity contribution in [1.29, 1.82) is 0 Å². The Labute approximate surface area is 108 Å². The van der Waals surface area contributed by atoms with E-state index in [0.717, 1.165) is 12.8 Å². The van der Waals surface area contributed by atoms with Gasteiger partial charge in [-0.25, -0.2) is 0 Å². The minimum Gasteiger partial charge on any atom is -0.480 e. The molecule has 4 nitrogen and oxygen atoms in total. The summed E-state index contributed by atoms with van der Waals surface area (Å²) in [7, 11) is 0. The lowest BCUT2D eigenvalue weighted by Gasteiger charge is -2.19. The van der Waals surface area contributed by atoms with E-state index in [-0.39, 0.29) is 12.5 Å². The number of carboxylic acids is 1. The summed E-state index contributed by atoms with van der Waals surface area (Å²) in [5.74, 6) is -0.817. The summed E-state index contributed by atoms with van der Waals surface area (Å²) in [6, 6.07) is 1.65. The van der Waals surface area contributed by atoms with E-state index >= 15 is 0 Å². The van der Waals surface area contributed by atoms with E-state index in [9.17, 15) is 9.59 Å². The van der Waals surface area contributed by atoms with Crippen molar-refractivity contribution in [3.05, 3.63) is 21.3 Å². The molecule has 0 aromatic carbocycles. The smallest absolute Gasteiger partial charge is 0.323 e. The number of hydrogen-bond acceptors (Lipinski definition) is 3. The monoisotopic (exact) mass is 273 g/mol. The third kappa shape index (κ3) is 3.20. The Balaban J connectivity index is 2.10. The summed E-state index contributed by atoms with van der Waals surface area (Å²) >= 11 is 7.13. The Morgan fingerprint density at radius 1 is 1.53 bits per heavy atom. The lowest BCUT2D eigenvalue weighted by molar-refractivity contribution is -0.137. The predicted octanol–water partition coefficient (Wildman–Crippen LogP) is 2.34. The number of nitrogens with zero attached hydrogens (tertiary/aromatic N) is 1. The van der Waals surface area contributed by atoms with Gasteiger partial charge in [-0.3, -0.25) is 9.59 Å². The molecule has 1 aliphatic rings. The number of carboxylic acid groups (broad SMARTS) is 1. The molecule has 0 aliphatic heterocycles. The van der Waals surface area contributed by atoms with Crippen LogP contribution in [0.15, 0.2) is 11.4 Å². The van der Waals surface area contributed by atoms with Crippen molar-refractivity contribution < 1.29 is 14.7 Å². The maximum absolute atomic E-state index is 12.1. The largest absolute Gasteiger partial charge is 0.480 e. The van der Waals surface area contributed by atoms with Crippen molar-refractivity contribution in [2.75, 3.05) is 13.1 Å². The molecule has 1 aromatic rings. The number of hydrogen-bond donors (Lipinski definition) is 1. The minimum atomic E-state index is -0.994. The highest BCUT2D eigenvalue weighted by atomic mass is 35.5. The fourth-order valence-corrected chi connectivity index (χ4v) is 2.69. The highest BCUT2D eigenvalue weighted by Crippen LogP contribution is 2.31. The van der Waals surface area contributed by atoms with Gasteiger partial charge >= 0.3 is 5.97 Å². The molecule has 0 radical (unpaired) electrons. The molecule has 0 bridgehead atoms. The predicted molar refractivity (Wildman–Crippen MR) is 65.6 cm³/mol. The van der Waals surface area contributed by atoms with Gasteiger partial charge in [0.05, 0.1) is 5.02 Å². The van der Waals surface area contributed by atoms with Gasteiger partial charge < -0.3 is 10.0 Å². The maximum Gasteiger partial charge on any atom is 0.323 e. The Morgan fingerprint density at radius 3 is 2.71 bits per heavy atom. The van der Waals surface area contributed by atoms with E-state index in [1.165, 1.54) is 16.2 Å². The molecule has 17 heavy (non-hydrogen) atoms. The summed E-state index contributed by atoms with van der Waals surface area (Å²) in [6.07, 6.45) is 2.14. The van der Waals surface area contributed by atoms with Crippen LogP contribution in [0.1, 0.15) is 22.5 Å². The molecule has 0 spiro atoms. The fraction of sp³-hybridized carbons (Fsp3) is 0.455. The van der Waals surface area contributed by atoms with Crippen molar-refractivity contribution in [2.45, 2.75) is 12.8 Å². The molecule has 92 valence electrons. The number of carbonyl (C=O) groups is 2. The summed E-state index contributed by atoms with van der Waals surface area (Å²) in [5, 5.41) is 10.9. The van der Waals surface area contributed by atoms with Crippen molar-refractivity contribution in [3.8, 4) is 0 Å². The van der Waals surface area contributed by atoms with Crippen LogP contribution in [0.3, 0.4) is 0 Å². The zero-order chi connectivity index (χ0) is 12.4. The van der Waals surface area contributed by atoms with Gasteiger partial charge in [-0.2, -0.15) is 0 Å². The average Bonchev–Trinajstić information content (AvgIpc) is 2.97. The van der Waals surface area contributed by atoms with E-state index in [1.807, 2.05) is 0 Å². The zero-order valence-electron chi connectivity index (χ0n) is 9.06. The van der Waals surface area contributed by atoms with E-state index in [4.69, 9.17) is 16.7 Å². The molecule has 1 aliphatic carbocycles. The van der Waals surface area contributed by atoms with Crippen molar-refractivity contribution >= 4 is 34.8 Å². The first-order valence-corrected chi connectivity index (χ1v) is 6.57. The number of aliphatic carboxylic acids is 1. The molecule has 0 unspecified atom stereocenters. The summed E-state index contributed by atoms with van der Waals surface area (Å²) in [4.78, 5) is 24.7. The second-order valence-electron chi connectivity index (χ2n) is 4.12. The van der Waals surface area contributed by atoms with Crippen LogP contribution in [-0.2, 0) is 4.79 Å².